The first-order valence-corrected chi connectivity index (χ1v) is 5.78. The van der Waals surface area contributed by atoms with E-state index in [9.17, 15) is 14.9 Å². The molecular formula is C12H15N3O3. The van der Waals surface area contributed by atoms with E-state index in [0.717, 1.165) is 12.8 Å². The third-order valence-corrected chi connectivity index (χ3v) is 3.13. The molecule has 1 fully saturated rings. The Kier molecular flexibility index (Phi) is 3.18. The molecule has 1 N–H and O–H groups in total. The van der Waals surface area contributed by atoms with Crippen LogP contribution in [-0.4, -0.2) is 35.9 Å². The fourth-order valence-electron chi connectivity index (χ4n) is 1.84. The van der Waals surface area contributed by atoms with E-state index in [4.69, 9.17) is 0 Å². The normalized spacial score (nSPS) is 14.1. The van der Waals surface area contributed by atoms with Crippen molar-refractivity contribution in [2.75, 3.05) is 19.4 Å². The summed E-state index contributed by atoms with van der Waals surface area (Å²) in [6.07, 6.45) is 1.95. The molecule has 0 spiro atoms. The standard InChI is InChI=1S/C12H15N3O3/c1-13-8-3-6-11(15(17)18)10(7-8)12(16)14(2)9-4-5-9/h3,6-7,9,13H,4-5H2,1-2H3. The van der Waals surface area contributed by atoms with Crippen molar-refractivity contribution in [1.29, 1.82) is 0 Å². The molecule has 2 rings (SSSR count). The van der Waals surface area contributed by atoms with Crippen molar-refractivity contribution in [2.24, 2.45) is 0 Å². The van der Waals surface area contributed by atoms with Crippen LogP contribution in [-0.2, 0) is 0 Å². The van der Waals surface area contributed by atoms with Crippen LogP contribution in [0.1, 0.15) is 23.2 Å². The van der Waals surface area contributed by atoms with Gasteiger partial charge in [-0.1, -0.05) is 0 Å². The largest absolute Gasteiger partial charge is 0.388 e. The number of nitrogens with zero attached hydrogens (tertiary/aromatic N) is 2. The average molecular weight is 249 g/mol. The second-order valence-electron chi connectivity index (χ2n) is 4.39. The van der Waals surface area contributed by atoms with Gasteiger partial charge in [-0.2, -0.15) is 0 Å². The van der Waals surface area contributed by atoms with Crippen LogP contribution in [0.2, 0.25) is 0 Å². The molecular weight excluding hydrogens is 234 g/mol. The molecule has 6 heteroatoms. The molecule has 0 heterocycles. The second-order valence-corrected chi connectivity index (χ2v) is 4.39. The lowest BCUT2D eigenvalue weighted by Gasteiger charge is -2.16. The van der Waals surface area contributed by atoms with E-state index in [1.807, 2.05) is 0 Å². The Morgan fingerprint density at radius 3 is 2.67 bits per heavy atom. The molecule has 0 saturated heterocycles. The van der Waals surface area contributed by atoms with E-state index < -0.39 is 4.92 Å². The van der Waals surface area contributed by atoms with Gasteiger partial charge in [-0.05, 0) is 25.0 Å². The molecule has 0 aromatic heterocycles. The molecule has 1 aromatic carbocycles. The Balaban J connectivity index is 2.39. The summed E-state index contributed by atoms with van der Waals surface area (Å²) in [5.41, 5.74) is 0.681. The van der Waals surface area contributed by atoms with Gasteiger partial charge in [0.25, 0.3) is 11.6 Å². The molecule has 0 unspecified atom stereocenters. The number of nitro benzene ring substituents is 1. The maximum atomic E-state index is 12.2. The van der Waals surface area contributed by atoms with Gasteiger partial charge in [0, 0.05) is 31.9 Å². The van der Waals surface area contributed by atoms with E-state index in [2.05, 4.69) is 5.32 Å². The molecule has 18 heavy (non-hydrogen) atoms. The van der Waals surface area contributed by atoms with Crippen molar-refractivity contribution in [3.63, 3.8) is 0 Å². The lowest BCUT2D eigenvalue weighted by Crippen LogP contribution is -2.29. The van der Waals surface area contributed by atoms with Crippen LogP contribution >= 0.6 is 0 Å². The Morgan fingerprint density at radius 2 is 2.17 bits per heavy atom. The van der Waals surface area contributed by atoms with Gasteiger partial charge in [-0.25, -0.2) is 0 Å². The van der Waals surface area contributed by atoms with Crippen molar-refractivity contribution in [1.82, 2.24) is 4.90 Å². The molecule has 0 aliphatic heterocycles. The van der Waals surface area contributed by atoms with Gasteiger partial charge in [0.15, 0.2) is 0 Å². The number of amides is 1. The topological polar surface area (TPSA) is 75.5 Å². The number of hydrogen-bond donors (Lipinski definition) is 1. The molecule has 0 bridgehead atoms. The van der Waals surface area contributed by atoms with Crippen LogP contribution in [0.4, 0.5) is 11.4 Å². The Hall–Kier alpha value is -2.11. The number of hydrogen-bond acceptors (Lipinski definition) is 4. The number of carbonyl (C=O) groups excluding carboxylic acids is 1. The summed E-state index contributed by atoms with van der Waals surface area (Å²) in [4.78, 5) is 24.2. The SMILES string of the molecule is CNc1ccc([N+](=O)[O-])c(C(=O)N(C)C2CC2)c1. The summed E-state index contributed by atoms with van der Waals surface area (Å²) >= 11 is 0. The summed E-state index contributed by atoms with van der Waals surface area (Å²) in [6, 6.07) is 4.71. The quantitative estimate of drug-likeness (QED) is 0.653. The van der Waals surface area contributed by atoms with E-state index in [1.165, 1.54) is 12.1 Å². The first kappa shape index (κ1) is 12.3. The van der Waals surface area contributed by atoms with Crippen molar-refractivity contribution in [2.45, 2.75) is 18.9 Å². The minimum Gasteiger partial charge on any atom is -0.388 e. The molecule has 1 aromatic rings. The minimum absolute atomic E-state index is 0.140. The van der Waals surface area contributed by atoms with Crippen molar-refractivity contribution < 1.29 is 9.72 Å². The first-order valence-electron chi connectivity index (χ1n) is 5.78. The van der Waals surface area contributed by atoms with Crippen LogP contribution in [0.5, 0.6) is 0 Å². The lowest BCUT2D eigenvalue weighted by molar-refractivity contribution is -0.385. The number of nitro groups is 1. The number of rotatable bonds is 4. The highest BCUT2D eigenvalue weighted by molar-refractivity contribution is 5.99. The summed E-state index contributed by atoms with van der Waals surface area (Å²) < 4.78 is 0. The number of carbonyl (C=O) groups is 1. The maximum absolute atomic E-state index is 12.2. The van der Waals surface area contributed by atoms with Gasteiger partial charge < -0.3 is 10.2 Å². The summed E-state index contributed by atoms with van der Waals surface area (Å²) in [5, 5.41) is 13.8. The third kappa shape index (κ3) is 2.27. The average Bonchev–Trinajstić information content (AvgIpc) is 3.20. The molecule has 6 nitrogen and oxygen atoms in total. The minimum atomic E-state index is -0.520. The summed E-state index contributed by atoms with van der Waals surface area (Å²) in [6.45, 7) is 0. The lowest BCUT2D eigenvalue weighted by atomic mass is 10.1. The predicted octanol–water partition coefficient (Wildman–Crippen LogP) is 1.87. The van der Waals surface area contributed by atoms with Crippen LogP contribution in [0.25, 0.3) is 0 Å². The van der Waals surface area contributed by atoms with Crippen LogP contribution < -0.4 is 5.32 Å². The zero-order valence-corrected chi connectivity index (χ0v) is 10.3. The van der Waals surface area contributed by atoms with Crippen LogP contribution in [0, 0.1) is 10.1 Å². The number of benzene rings is 1. The fourth-order valence-corrected chi connectivity index (χ4v) is 1.84. The van der Waals surface area contributed by atoms with Gasteiger partial charge >= 0.3 is 0 Å². The van der Waals surface area contributed by atoms with E-state index >= 15 is 0 Å². The van der Waals surface area contributed by atoms with Gasteiger partial charge in [0.05, 0.1) is 4.92 Å². The fraction of sp³-hybridized carbons (Fsp3) is 0.417. The Morgan fingerprint density at radius 1 is 1.50 bits per heavy atom. The molecule has 1 saturated carbocycles. The zero-order valence-electron chi connectivity index (χ0n) is 10.3. The monoisotopic (exact) mass is 249 g/mol. The van der Waals surface area contributed by atoms with Gasteiger partial charge in [-0.3, -0.25) is 14.9 Å². The smallest absolute Gasteiger partial charge is 0.282 e. The molecule has 0 radical (unpaired) electrons. The van der Waals surface area contributed by atoms with Crippen LogP contribution in [0.15, 0.2) is 18.2 Å². The van der Waals surface area contributed by atoms with Gasteiger partial charge in [0.1, 0.15) is 5.56 Å². The highest BCUT2D eigenvalue weighted by Gasteiger charge is 2.33. The van der Waals surface area contributed by atoms with Crippen LogP contribution in [0.3, 0.4) is 0 Å². The molecule has 1 aliphatic carbocycles. The van der Waals surface area contributed by atoms with Gasteiger partial charge in [-0.15, -0.1) is 0 Å². The predicted molar refractivity (Wildman–Crippen MR) is 67.8 cm³/mol. The Bertz CT molecular complexity index is 497. The van der Waals surface area contributed by atoms with Crippen molar-refractivity contribution in [3.8, 4) is 0 Å². The molecule has 96 valence electrons. The zero-order chi connectivity index (χ0) is 13.3. The van der Waals surface area contributed by atoms with Gasteiger partial charge in [0.2, 0.25) is 0 Å². The molecule has 1 amide bonds. The second kappa shape index (κ2) is 4.64. The maximum Gasteiger partial charge on any atom is 0.282 e. The highest BCUT2D eigenvalue weighted by Crippen LogP contribution is 2.30. The first-order chi connectivity index (χ1) is 8.54. The summed E-state index contributed by atoms with van der Waals surface area (Å²) in [5.74, 6) is -0.290. The highest BCUT2D eigenvalue weighted by atomic mass is 16.6. The van der Waals surface area contributed by atoms with Crippen molar-refractivity contribution in [3.05, 3.63) is 33.9 Å². The van der Waals surface area contributed by atoms with E-state index in [-0.39, 0.29) is 23.2 Å². The van der Waals surface area contributed by atoms with E-state index in [0.29, 0.717) is 5.69 Å². The number of anilines is 1. The third-order valence-electron chi connectivity index (χ3n) is 3.13. The van der Waals surface area contributed by atoms with E-state index in [1.54, 1.807) is 25.1 Å². The van der Waals surface area contributed by atoms with Crippen molar-refractivity contribution >= 4 is 17.3 Å². The molecule has 1 aliphatic rings. The summed E-state index contributed by atoms with van der Waals surface area (Å²) in [7, 11) is 3.40. The Labute approximate surface area is 105 Å². The number of nitrogens with one attached hydrogen (secondary N) is 1. The molecule has 0 atom stereocenters.